The van der Waals surface area contributed by atoms with Crippen molar-refractivity contribution in [1.29, 1.82) is 0 Å². The number of benzene rings is 1. The van der Waals surface area contributed by atoms with E-state index in [1.165, 1.54) is 6.21 Å². The van der Waals surface area contributed by atoms with Gasteiger partial charge in [0.1, 0.15) is 5.54 Å². The summed E-state index contributed by atoms with van der Waals surface area (Å²) in [4.78, 5) is 28.6. The summed E-state index contributed by atoms with van der Waals surface area (Å²) in [5.74, 6) is -0.339. The minimum Gasteiger partial charge on any atom is -0.322 e. The molecule has 6 nitrogen and oxygen atoms in total. The number of rotatable bonds is 5. The highest BCUT2D eigenvalue weighted by molar-refractivity contribution is 6.07. The Morgan fingerprint density at radius 2 is 1.88 bits per heavy atom. The molecule has 1 aliphatic heterocycles. The first-order chi connectivity index (χ1) is 11.6. The molecule has 1 saturated heterocycles. The molecular weight excluding hydrogens is 304 g/mol. The molecular formula is C18H18N4O2. The quantitative estimate of drug-likeness (QED) is 0.678. The van der Waals surface area contributed by atoms with Gasteiger partial charge in [0.15, 0.2) is 0 Å². The minimum absolute atomic E-state index is 0.339. The Balaban J connectivity index is 1.70. The highest BCUT2D eigenvalue weighted by Crippen LogP contribution is 2.23. The molecule has 1 atom stereocenters. The average Bonchev–Trinajstić information content (AvgIpc) is 2.83. The van der Waals surface area contributed by atoms with E-state index in [0.717, 1.165) is 16.1 Å². The maximum Gasteiger partial charge on any atom is 0.346 e. The molecule has 0 radical (unpaired) electrons. The highest BCUT2D eigenvalue weighted by Gasteiger charge is 2.47. The largest absolute Gasteiger partial charge is 0.346 e. The molecule has 0 bridgehead atoms. The van der Waals surface area contributed by atoms with Gasteiger partial charge in [-0.05, 0) is 43.0 Å². The smallest absolute Gasteiger partial charge is 0.322 e. The number of hydrazone groups is 1. The minimum atomic E-state index is -0.942. The van der Waals surface area contributed by atoms with Gasteiger partial charge in [-0.3, -0.25) is 9.78 Å². The molecule has 0 spiro atoms. The van der Waals surface area contributed by atoms with Crippen LogP contribution in [0.2, 0.25) is 0 Å². The SMILES string of the molecule is C[C@]1(CCc2ccccc2)NC(=O)N(/N=C\c2ccncc2)C1=O. The molecule has 0 aliphatic carbocycles. The van der Waals surface area contributed by atoms with Gasteiger partial charge in [-0.25, -0.2) is 4.79 Å². The number of hydrogen-bond donors (Lipinski definition) is 1. The normalized spacial score (nSPS) is 20.6. The first kappa shape index (κ1) is 15.9. The van der Waals surface area contributed by atoms with Crippen LogP contribution in [-0.4, -0.2) is 33.7 Å². The van der Waals surface area contributed by atoms with E-state index in [1.807, 2.05) is 30.3 Å². The van der Waals surface area contributed by atoms with Crippen LogP contribution in [0.4, 0.5) is 4.79 Å². The highest BCUT2D eigenvalue weighted by atomic mass is 16.2. The summed E-state index contributed by atoms with van der Waals surface area (Å²) >= 11 is 0. The second kappa shape index (κ2) is 6.62. The number of pyridine rings is 1. The Kier molecular flexibility index (Phi) is 4.37. The third-order valence-corrected chi connectivity index (χ3v) is 4.02. The number of imide groups is 1. The number of carbonyl (C=O) groups is 2. The summed E-state index contributed by atoms with van der Waals surface area (Å²) in [6.07, 6.45) is 5.94. The van der Waals surface area contributed by atoms with E-state index >= 15 is 0 Å². The topological polar surface area (TPSA) is 74.7 Å². The van der Waals surface area contributed by atoms with E-state index in [4.69, 9.17) is 0 Å². The molecule has 3 amide bonds. The second-order valence-corrected chi connectivity index (χ2v) is 5.89. The predicted octanol–water partition coefficient (Wildman–Crippen LogP) is 2.36. The number of amides is 3. The van der Waals surface area contributed by atoms with E-state index in [2.05, 4.69) is 15.4 Å². The Morgan fingerprint density at radius 3 is 2.58 bits per heavy atom. The number of aromatic nitrogens is 1. The van der Waals surface area contributed by atoms with Crippen LogP contribution in [0, 0.1) is 0 Å². The van der Waals surface area contributed by atoms with Gasteiger partial charge >= 0.3 is 6.03 Å². The monoisotopic (exact) mass is 322 g/mol. The van der Waals surface area contributed by atoms with Gasteiger partial charge in [-0.15, -0.1) is 5.01 Å². The zero-order chi connectivity index (χ0) is 17.0. The Hall–Kier alpha value is -3.02. The van der Waals surface area contributed by atoms with Crippen molar-refractivity contribution in [2.45, 2.75) is 25.3 Å². The van der Waals surface area contributed by atoms with Crippen molar-refractivity contribution >= 4 is 18.2 Å². The molecule has 6 heteroatoms. The number of urea groups is 1. The molecule has 1 N–H and O–H groups in total. The summed E-state index contributed by atoms with van der Waals surface area (Å²) in [5, 5.41) is 7.67. The van der Waals surface area contributed by atoms with E-state index in [-0.39, 0.29) is 5.91 Å². The first-order valence-corrected chi connectivity index (χ1v) is 7.73. The Labute approximate surface area is 140 Å². The van der Waals surface area contributed by atoms with Crippen molar-refractivity contribution in [2.24, 2.45) is 5.10 Å². The summed E-state index contributed by atoms with van der Waals surface area (Å²) in [6, 6.07) is 12.9. The van der Waals surface area contributed by atoms with Crippen molar-refractivity contribution in [1.82, 2.24) is 15.3 Å². The number of aryl methyl sites for hydroxylation is 1. The lowest BCUT2D eigenvalue weighted by atomic mass is 9.93. The van der Waals surface area contributed by atoms with Crippen LogP contribution in [0.1, 0.15) is 24.5 Å². The van der Waals surface area contributed by atoms with Gasteiger partial charge in [-0.2, -0.15) is 5.10 Å². The lowest BCUT2D eigenvalue weighted by molar-refractivity contribution is -0.130. The summed E-state index contributed by atoms with van der Waals surface area (Å²) in [6.45, 7) is 1.73. The summed E-state index contributed by atoms with van der Waals surface area (Å²) in [5.41, 5.74) is 0.950. The van der Waals surface area contributed by atoms with Crippen molar-refractivity contribution < 1.29 is 9.59 Å². The molecule has 2 heterocycles. The van der Waals surface area contributed by atoms with Crippen LogP contribution in [0.3, 0.4) is 0 Å². The molecule has 2 aromatic rings. The molecule has 24 heavy (non-hydrogen) atoms. The van der Waals surface area contributed by atoms with E-state index < -0.39 is 11.6 Å². The third kappa shape index (κ3) is 3.32. The summed E-state index contributed by atoms with van der Waals surface area (Å²) < 4.78 is 0. The van der Waals surface area contributed by atoms with Crippen molar-refractivity contribution in [3.63, 3.8) is 0 Å². The van der Waals surface area contributed by atoms with Crippen LogP contribution in [0.5, 0.6) is 0 Å². The molecule has 1 fully saturated rings. The fraction of sp³-hybridized carbons (Fsp3) is 0.222. The van der Waals surface area contributed by atoms with Crippen LogP contribution in [0.25, 0.3) is 0 Å². The van der Waals surface area contributed by atoms with Crippen molar-refractivity contribution in [3.8, 4) is 0 Å². The molecule has 1 aliphatic rings. The Morgan fingerprint density at radius 1 is 1.17 bits per heavy atom. The average molecular weight is 322 g/mol. The fourth-order valence-electron chi connectivity index (χ4n) is 2.56. The van der Waals surface area contributed by atoms with Gasteiger partial charge in [0, 0.05) is 12.4 Å². The number of carbonyl (C=O) groups excluding carboxylic acids is 2. The number of nitrogens with zero attached hydrogens (tertiary/aromatic N) is 3. The Bertz CT molecular complexity index is 761. The van der Waals surface area contributed by atoms with Gasteiger partial charge in [-0.1, -0.05) is 30.3 Å². The van der Waals surface area contributed by atoms with Gasteiger partial charge in [0.2, 0.25) is 0 Å². The maximum atomic E-state index is 12.6. The van der Waals surface area contributed by atoms with Crippen molar-refractivity contribution in [3.05, 3.63) is 66.0 Å². The zero-order valence-electron chi connectivity index (χ0n) is 13.3. The van der Waals surface area contributed by atoms with Crippen LogP contribution in [0.15, 0.2) is 60.0 Å². The molecule has 122 valence electrons. The maximum absolute atomic E-state index is 12.6. The molecule has 1 aromatic heterocycles. The van der Waals surface area contributed by atoms with Gasteiger partial charge in [0.05, 0.1) is 6.21 Å². The zero-order valence-corrected chi connectivity index (χ0v) is 13.3. The lowest BCUT2D eigenvalue weighted by Gasteiger charge is -2.20. The predicted molar refractivity (Wildman–Crippen MR) is 90.4 cm³/mol. The molecule has 3 rings (SSSR count). The van der Waals surface area contributed by atoms with E-state index in [0.29, 0.717) is 12.8 Å². The third-order valence-electron chi connectivity index (χ3n) is 4.02. The van der Waals surface area contributed by atoms with Crippen molar-refractivity contribution in [2.75, 3.05) is 0 Å². The van der Waals surface area contributed by atoms with Crippen LogP contribution >= 0.6 is 0 Å². The van der Waals surface area contributed by atoms with E-state index in [1.54, 1.807) is 31.5 Å². The fourth-order valence-corrected chi connectivity index (χ4v) is 2.56. The van der Waals surface area contributed by atoms with Crippen LogP contribution < -0.4 is 5.32 Å². The second-order valence-electron chi connectivity index (χ2n) is 5.89. The molecule has 1 aromatic carbocycles. The summed E-state index contributed by atoms with van der Waals surface area (Å²) in [7, 11) is 0. The number of hydrogen-bond acceptors (Lipinski definition) is 4. The van der Waals surface area contributed by atoms with Gasteiger partial charge < -0.3 is 5.32 Å². The van der Waals surface area contributed by atoms with Gasteiger partial charge in [0.25, 0.3) is 5.91 Å². The lowest BCUT2D eigenvalue weighted by Crippen LogP contribution is -2.44. The number of nitrogens with one attached hydrogen (secondary N) is 1. The standard InChI is InChI=1S/C18H18N4O2/c1-18(10-7-14-5-3-2-4-6-14)16(23)22(17(24)21-18)20-13-15-8-11-19-12-9-15/h2-6,8-9,11-13H,7,10H2,1H3,(H,21,24)/b20-13-/t18-/m1/s1. The van der Waals surface area contributed by atoms with Crippen LogP contribution in [-0.2, 0) is 11.2 Å². The molecule has 0 saturated carbocycles. The first-order valence-electron chi connectivity index (χ1n) is 7.73. The van der Waals surface area contributed by atoms with E-state index in [9.17, 15) is 9.59 Å². The molecule has 0 unspecified atom stereocenters.